The summed E-state index contributed by atoms with van der Waals surface area (Å²) >= 11 is 0. The molecule has 0 spiro atoms. The number of fused-ring (bicyclic) bond motifs is 2. The lowest BCUT2D eigenvalue weighted by Crippen LogP contribution is -2.22. The Labute approximate surface area is 172 Å². The van der Waals surface area contributed by atoms with Crippen LogP contribution < -0.4 is 10.9 Å². The van der Waals surface area contributed by atoms with Gasteiger partial charge in [-0.2, -0.15) is 0 Å². The zero-order chi connectivity index (χ0) is 20.5. The van der Waals surface area contributed by atoms with Gasteiger partial charge in [0.15, 0.2) is 0 Å². The van der Waals surface area contributed by atoms with Crippen LogP contribution in [0.3, 0.4) is 0 Å². The van der Waals surface area contributed by atoms with E-state index in [0.29, 0.717) is 0 Å². The van der Waals surface area contributed by atoms with Crippen LogP contribution >= 0.6 is 0 Å². The molecule has 0 bridgehead atoms. The standard InChI is InChI=1S/C25H28N4/c1-17-16-19-11-7-9-13-21(19)24(25(17)27-29(4)5)23-20-12-8-6-10-18(20)14-15-22(23)26-28(2)3/h6-16,26-27H,1-5H3. The molecule has 29 heavy (non-hydrogen) atoms. The summed E-state index contributed by atoms with van der Waals surface area (Å²) in [7, 11) is 8.10. The Morgan fingerprint density at radius 3 is 1.86 bits per heavy atom. The van der Waals surface area contributed by atoms with Crippen LogP contribution in [0.1, 0.15) is 5.56 Å². The fraction of sp³-hybridized carbons (Fsp3) is 0.200. The quantitative estimate of drug-likeness (QED) is 0.429. The normalized spacial score (nSPS) is 11.6. The van der Waals surface area contributed by atoms with Crippen LogP contribution in [0.4, 0.5) is 11.4 Å². The Hall–Kier alpha value is -3.08. The minimum atomic E-state index is 1.09. The lowest BCUT2D eigenvalue weighted by atomic mass is 9.89. The second-order valence-corrected chi connectivity index (χ2v) is 7.89. The van der Waals surface area contributed by atoms with Gasteiger partial charge in [-0.15, -0.1) is 0 Å². The molecular formula is C25H28N4. The van der Waals surface area contributed by atoms with Gasteiger partial charge in [-0.1, -0.05) is 54.6 Å². The van der Waals surface area contributed by atoms with E-state index in [-0.39, 0.29) is 0 Å². The topological polar surface area (TPSA) is 30.5 Å². The molecule has 4 aromatic rings. The van der Waals surface area contributed by atoms with E-state index in [1.165, 1.54) is 38.2 Å². The predicted molar refractivity (Wildman–Crippen MR) is 126 cm³/mol. The average molecular weight is 385 g/mol. The van der Waals surface area contributed by atoms with E-state index in [1.54, 1.807) is 0 Å². The lowest BCUT2D eigenvalue weighted by Gasteiger charge is -2.25. The fourth-order valence-electron chi connectivity index (χ4n) is 3.99. The third-order valence-electron chi connectivity index (χ3n) is 5.10. The number of nitrogens with zero attached hydrogens (tertiary/aromatic N) is 2. The Morgan fingerprint density at radius 1 is 0.621 bits per heavy atom. The number of rotatable bonds is 5. The first-order valence-corrected chi connectivity index (χ1v) is 9.88. The summed E-state index contributed by atoms with van der Waals surface area (Å²) in [6.45, 7) is 2.17. The molecule has 0 unspecified atom stereocenters. The van der Waals surface area contributed by atoms with Crippen molar-refractivity contribution in [2.75, 3.05) is 39.0 Å². The summed E-state index contributed by atoms with van der Waals surface area (Å²) in [5, 5.41) is 8.94. The van der Waals surface area contributed by atoms with Crippen molar-refractivity contribution in [3.63, 3.8) is 0 Å². The largest absolute Gasteiger partial charge is 0.319 e. The third kappa shape index (κ3) is 3.65. The molecule has 0 aliphatic rings. The summed E-state index contributed by atoms with van der Waals surface area (Å²) in [5.74, 6) is 0. The van der Waals surface area contributed by atoms with Gasteiger partial charge in [0.05, 0.1) is 11.4 Å². The monoisotopic (exact) mass is 384 g/mol. The molecule has 0 saturated heterocycles. The highest BCUT2D eigenvalue weighted by Crippen LogP contribution is 2.45. The van der Waals surface area contributed by atoms with Gasteiger partial charge in [0.1, 0.15) is 0 Å². The molecule has 0 saturated carbocycles. The maximum Gasteiger partial charge on any atom is 0.0604 e. The van der Waals surface area contributed by atoms with Crippen molar-refractivity contribution >= 4 is 32.9 Å². The molecule has 0 heterocycles. The zero-order valence-electron chi connectivity index (χ0n) is 17.7. The second-order valence-electron chi connectivity index (χ2n) is 7.89. The van der Waals surface area contributed by atoms with Crippen LogP contribution in [0.2, 0.25) is 0 Å². The van der Waals surface area contributed by atoms with Crippen LogP contribution in [-0.4, -0.2) is 38.2 Å². The van der Waals surface area contributed by atoms with Gasteiger partial charge in [0, 0.05) is 39.3 Å². The molecule has 4 aromatic carbocycles. The summed E-state index contributed by atoms with van der Waals surface area (Å²) in [6.07, 6.45) is 0. The highest BCUT2D eigenvalue weighted by Gasteiger charge is 2.19. The van der Waals surface area contributed by atoms with Crippen molar-refractivity contribution in [1.29, 1.82) is 0 Å². The molecule has 4 rings (SSSR count). The van der Waals surface area contributed by atoms with Crippen LogP contribution in [0.5, 0.6) is 0 Å². The van der Waals surface area contributed by atoms with Gasteiger partial charge in [0.25, 0.3) is 0 Å². The molecule has 148 valence electrons. The molecule has 4 heteroatoms. The molecule has 0 atom stereocenters. The number of hydrogen-bond donors (Lipinski definition) is 2. The van der Waals surface area contributed by atoms with Gasteiger partial charge in [0.2, 0.25) is 0 Å². The van der Waals surface area contributed by atoms with Crippen molar-refractivity contribution in [3.05, 3.63) is 72.3 Å². The van der Waals surface area contributed by atoms with Gasteiger partial charge in [-0.05, 0) is 46.2 Å². The van der Waals surface area contributed by atoms with Crippen LogP contribution in [0.15, 0.2) is 66.7 Å². The van der Waals surface area contributed by atoms with Crippen molar-refractivity contribution in [3.8, 4) is 11.1 Å². The van der Waals surface area contributed by atoms with Crippen LogP contribution in [0, 0.1) is 6.92 Å². The Kier molecular flexibility index (Phi) is 5.14. The van der Waals surface area contributed by atoms with Crippen LogP contribution in [-0.2, 0) is 0 Å². The molecule has 4 nitrogen and oxygen atoms in total. The van der Waals surface area contributed by atoms with E-state index in [0.717, 1.165) is 11.4 Å². The summed E-state index contributed by atoms with van der Waals surface area (Å²) in [4.78, 5) is 0. The minimum absolute atomic E-state index is 1.09. The maximum absolute atomic E-state index is 3.57. The van der Waals surface area contributed by atoms with E-state index in [1.807, 2.05) is 38.2 Å². The predicted octanol–water partition coefficient (Wildman–Crippen LogP) is 5.75. The molecule has 0 aliphatic heterocycles. The average Bonchev–Trinajstić information content (AvgIpc) is 2.68. The number of nitrogens with one attached hydrogen (secondary N) is 2. The fourth-order valence-corrected chi connectivity index (χ4v) is 3.99. The maximum atomic E-state index is 3.57. The van der Waals surface area contributed by atoms with Gasteiger partial charge < -0.3 is 10.9 Å². The molecule has 0 aliphatic carbocycles. The first-order chi connectivity index (χ1) is 14.0. The number of hydrogen-bond acceptors (Lipinski definition) is 4. The molecule has 0 fully saturated rings. The van der Waals surface area contributed by atoms with Crippen molar-refractivity contribution in [2.45, 2.75) is 6.92 Å². The molecule has 0 radical (unpaired) electrons. The molecular weight excluding hydrogens is 356 g/mol. The van der Waals surface area contributed by atoms with E-state index < -0.39 is 0 Å². The van der Waals surface area contributed by atoms with E-state index >= 15 is 0 Å². The summed E-state index contributed by atoms with van der Waals surface area (Å²) in [6, 6.07) is 23.8. The first kappa shape index (κ1) is 19.2. The second kappa shape index (κ2) is 7.74. The van der Waals surface area contributed by atoms with Gasteiger partial charge in [-0.25, -0.2) is 10.0 Å². The highest BCUT2D eigenvalue weighted by molar-refractivity contribution is 6.14. The number of benzene rings is 4. The Morgan fingerprint density at radius 2 is 1.21 bits per heavy atom. The van der Waals surface area contributed by atoms with Gasteiger partial charge >= 0.3 is 0 Å². The smallest absolute Gasteiger partial charge is 0.0604 e. The molecule has 0 amide bonds. The molecule has 0 aromatic heterocycles. The first-order valence-electron chi connectivity index (χ1n) is 9.88. The lowest BCUT2D eigenvalue weighted by molar-refractivity contribution is 0.494. The Bertz CT molecular complexity index is 1180. The molecule has 2 N–H and O–H groups in total. The minimum Gasteiger partial charge on any atom is -0.319 e. The number of aryl methyl sites for hydroxylation is 1. The van der Waals surface area contributed by atoms with Crippen molar-refractivity contribution < 1.29 is 0 Å². The third-order valence-corrected chi connectivity index (χ3v) is 5.10. The zero-order valence-corrected chi connectivity index (χ0v) is 17.7. The van der Waals surface area contributed by atoms with E-state index in [4.69, 9.17) is 0 Å². The summed E-state index contributed by atoms with van der Waals surface area (Å²) < 4.78 is 0. The Balaban J connectivity index is 2.17. The van der Waals surface area contributed by atoms with Gasteiger partial charge in [-0.3, -0.25) is 0 Å². The van der Waals surface area contributed by atoms with Crippen LogP contribution in [0.25, 0.3) is 32.7 Å². The SMILES string of the molecule is Cc1cc2ccccc2c(-c2c(NN(C)C)ccc3ccccc23)c1NN(C)C. The summed E-state index contributed by atoms with van der Waals surface area (Å²) in [5.41, 5.74) is 13.0. The van der Waals surface area contributed by atoms with Crippen molar-refractivity contribution in [1.82, 2.24) is 10.0 Å². The van der Waals surface area contributed by atoms with E-state index in [2.05, 4.69) is 84.5 Å². The number of anilines is 2. The van der Waals surface area contributed by atoms with E-state index in [9.17, 15) is 0 Å². The number of hydrazine groups is 2. The van der Waals surface area contributed by atoms with Crippen molar-refractivity contribution in [2.24, 2.45) is 0 Å². The highest BCUT2D eigenvalue weighted by atomic mass is 15.5.